The summed E-state index contributed by atoms with van der Waals surface area (Å²) in [6.07, 6.45) is -3.75. The Bertz CT molecular complexity index is 2120. The standard InChI is InChI=1S/C24BF20.C9H12O2S/c26-5-1(6(27)14(35)21(42)13(5)34)25(2-7(28)15(36)22(43)16(37)8(2)29,3-9(30)17(38)23(44)18(39)10(3)31)4-11(32)19(40)24(45)20(41)12(4)33;1-12(2,11)7-8-3-5-9(10)6-4-8/h;3-6H,7H2,1-2H3/q-1;/p+1. The maximum Gasteiger partial charge on any atom is 0.200 e. The Kier molecular flexibility index (Phi) is 12.1. The first-order valence-electron chi connectivity index (χ1n) is 14.6. The minimum atomic E-state index is -7.22. The fourth-order valence-electron chi connectivity index (χ4n) is 5.87. The molecule has 0 aliphatic heterocycles. The molecule has 0 aliphatic carbocycles. The fraction of sp³-hybridized carbons (Fsp3) is 0.0909. The third kappa shape index (κ3) is 7.15. The summed E-state index contributed by atoms with van der Waals surface area (Å²) in [5.74, 6) is -70.6. The van der Waals surface area contributed by atoms with Gasteiger partial charge in [-0.1, -0.05) is 12.1 Å². The van der Waals surface area contributed by atoms with Crippen molar-refractivity contribution in [1.29, 1.82) is 0 Å². The third-order valence-corrected chi connectivity index (χ3v) is 9.19. The van der Waals surface area contributed by atoms with Gasteiger partial charge in [0.25, 0.3) is 0 Å². The third-order valence-electron chi connectivity index (χ3n) is 8.16. The van der Waals surface area contributed by atoms with Crippen LogP contribution in [0.4, 0.5) is 87.8 Å². The van der Waals surface area contributed by atoms with Gasteiger partial charge in [0.1, 0.15) is 76.7 Å². The molecule has 5 aromatic rings. The van der Waals surface area contributed by atoms with Crippen molar-refractivity contribution in [2.75, 3.05) is 12.5 Å². The van der Waals surface area contributed by atoms with Crippen LogP contribution in [-0.2, 0) is 19.9 Å². The largest absolute Gasteiger partial charge is 0.508 e. The monoisotopic (exact) mass is 864 g/mol. The first-order valence-corrected chi connectivity index (χ1v) is 17.1. The molecule has 2 nitrogen and oxygen atoms in total. The van der Waals surface area contributed by atoms with Gasteiger partial charge in [-0.25, -0.2) is 87.8 Å². The van der Waals surface area contributed by atoms with Gasteiger partial charge >= 0.3 is 0 Å². The zero-order valence-corrected chi connectivity index (χ0v) is 28.2. The molecule has 0 fully saturated rings. The summed E-state index contributed by atoms with van der Waals surface area (Å²) in [4.78, 5) is 0. The van der Waals surface area contributed by atoms with Gasteiger partial charge in [0.15, 0.2) is 69.8 Å². The number of rotatable bonds is 6. The van der Waals surface area contributed by atoms with Gasteiger partial charge in [0.05, 0.1) is 9.93 Å². The van der Waals surface area contributed by atoms with E-state index in [-0.39, 0.29) is 5.75 Å². The molecule has 57 heavy (non-hydrogen) atoms. The molecule has 0 atom stereocenters. The summed E-state index contributed by atoms with van der Waals surface area (Å²) in [7, 11) is -1.72. The summed E-state index contributed by atoms with van der Waals surface area (Å²) in [6.45, 7) is 0. The second-order valence-corrected chi connectivity index (χ2v) is 15.2. The molecule has 5 aromatic carbocycles. The van der Waals surface area contributed by atoms with Crippen LogP contribution < -0.4 is 21.9 Å². The summed E-state index contributed by atoms with van der Waals surface area (Å²) >= 11 is 0. The second-order valence-electron chi connectivity index (χ2n) is 12.0. The number of benzene rings is 5. The van der Waals surface area contributed by atoms with E-state index in [1.54, 1.807) is 36.8 Å². The smallest absolute Gasteiger partial charge is 0.200 e. The number of hydrogen-bond donors (Lipinski definition) is 1. The van der Waals surface area contributed by atoms with Crippen LogP contribution in [0, 0.1) is 116 Å². The Balaban J connectivity index is 0.000000512. The molecule has 0 bridgehead atoms. The molecular formula is C33H13BF20O2S. The molecule has 0 heterocycles. The van der Waals surface area contributed by atoms with Crippen LogP contribution in [0.3, 0.4) is 0 Å². The van der Waals surface area contributed by atoms with E-state index in [1.807, 2.05) is 0 Å². The van der Waals surface area contributed by atoms with E-state index in [4.69, 9.17) is 5.11 Å². The van der Waals surface area contributed by atoms with Gasteiger partial charge in [-0.3, -0.25) is 0 Å². The molecular weight excluding hydrogens is 851 g/mol. The van der Waals surface area contributed by atoms with E-state index in [2.05, 4.69) is 0 Å². The van der Waals surface area contributed by atoms with Crippen molar-refractivity contribution in [2.24, 2.45) is 0 Å². The van der Waals surface area contributed by atoms with Crippen LogP contribution in [0.1, 0.15) is 5.56 Å². The molecule has 0 aliphatic rings. The van der Waals surface area contributed by atoms with Crippen LogP contribution in [0.15, 0.2) is 24.3 Å². The average molecular weight is 864 g/mol. The van der Waals surface area contributed by atoms with E-state index < -0.39 is 154 Å². The highest BCUT2D eigenvalue weighted by molar-refractivity contribution is 8.00. The predicted octanol–water partition coefficient (Wildman–Crippen LogP) is 7.50. The molecule has 0 unspecified atom stereocenters. The molecule has 0 saturated carbocycles. The zero-order valence-electron chi connectivity index (χ0n) is 27.4. The lowest BCUT2D eigenvalue weighted by molar-refractivity contribution is 0.378. The highest BCUT2D eigenvalue weighted by Crippen LogP contribution is 2.30. The summed E-state index contributed by atoms with van der Waals surface area (Å²) in [5, 5.41) is 8.98. The maximum atomic E-state index is 15.4. The van der Waals surface area contributed by atoms with Gasteiger partial charge < -0.3 is 5.11 Å². The van der Waals surface area contributed by atoms with E-state index in [0.29, 0.717) is 5.75 Å². The second kappa shape index (κ2) is 15.6. The molecule has 1 N–H and O–H groups in total. The van der Waals surface area contributed by atoms with Crippen LogP contribution in [0.2, 0.25) is 0 Å². The molecule has 0 saturated heterocycles. The Hall–Kier alpha value is -5.29. The van der Waals surface area contributed by atoms with Crippen molar-refractivity contribution < 1.29 is 97.1 Å². The number of aromatic hydroxyl groups is 1. The van der Waals surface area contributed by atoms with Crippen molar-refractivity contribution in [1.82, 2.24) is 0 Å². The van der Waals surface area contributed by atoms with Crippen molar-refractivity contribution >= 4 is 37.9 Å². The lowest BCUT2D eigenvalue weighted by atomic mass is 9.12. The molecule has 0 spiro atoms. The van der Waals surface area contributed by atoms with Gasteiger partial charge in [0.2, 0.25) is 0 Å². The van der Waals surface area contributed by atoms with E-state index >= 15 is 35.1 Å². The van der Waals surface area contributed by atoms with Gasteiger partial charge in [-0.2, -0.15) is 0 Å². The highest BCUT2D eigenvalue weighted by atomic mass is 32.2. The Morgan fingerprint density at radius 2 is 0.544 bits per heavy atom. The SMILES string of the molecule is C[S+](C)(=O)Cc1ccc(O)cc1.Fc1c(F)c(F)c([B-](c2c(F)c(F)c(F)c(F)c2F)(c2c(F)c(F)c(F)c(F)c2F)c2c(F)c(F)c(F)c(F)c2F)c(F)c1F. The normalized spacial score (nSPS) is 11.9. The number of halogens is 20. The average Bonchev–Trinajstić information content (AvgIpc) is 3.15. The fourth-order valence-corrected chi connectivity index (χ4v) is 6.86. The number of phenolic OH excluding ortho intramolecular Hbond substituents is 1. The van der Waals surface area contributed by atoms with Crippen molar-refractivity contribution in [3.63, 3.8) is 0 Å². The van der Waals surface area contributed by atoms with Crippen LogP contribution >= 0.6 is 0 Å². The van der Waals surface area contributed by atoms with Crippen molar-refractivity contribution in [2.45, 2.75) is 5.75 Å². The number of phenols is 1. The van der Waals surface area contributed by atoms with Crippen LogP contribution in [-0.4, -0.2) is 23.8 Å². The molecule has 0 amide bonds. The predicted molar refractivity (Wildman–Crippen MR) is 161 cm³/mol. The first kappa shape index (κ1) is 44.4. The minimum Gasteiger partial charge on any atom is -0.508 e. The van der Waals surface area contributed by atoms with Gasteiger partial charge in [-0.05, 0) is 12.1 Å². The van der Waals surface area contributed by atoms with Crippen LogP contribution in [0.5, 0.6) is 5.75 Å². The Morgan fingerprint density at radius 1 is 0.368 bits per heavy atom. The Morgan fingerprint density at radius 3 is 0.719 bits per heavy atom. The van der Waals surface area contributed by atoms with E-state index in [1.165, 1.54) is 0 Å². The molecule has 306 valence electrons. The van der Waals surface area contributed by atoms with Gasteiger partial charge in [0, 0.05) is 5.56 Å². The van der Waals surface area contributed by atoms with Crippen LogP contribution in [0.25, 0.3) is 0 Å². The molecule has 0 radical (unpaired) electrons. The Labute approximate surface area is 305 Å². The number of hydrogen-bond acceptors (Lipinski definition) is 2. The zero-order chi connectivity index (χ0) is 43.5. The van der Waals surface area contributed by atoms with Crippen molar-refractivity contribution in [3.05, 3.63) is 146 Å². The lowest BCUT2D eigenvalue weighted by Crippen LogP contribution is -2.81. The molecule has 5 rings (SSSR count). The van der Waals surface area contributed by atoms with Gasteiger partial charge in [-0.15, -0.1) is 26.1 Å². The van der Waals surface area contributed by atoms with E-state index in [0.717, 1.165) is 5.56 Å². The highest BCUT2D eigenvalue weighted by Gasteiger charge is 2.52. The van der Waals surface area contributed by atoms with Crippen molar-refractivity contribution in [3.8, 4) is 5.75 Å². The summed E-state index contributed by atoms with van der Waals surface area (Å²) in [6, 6.07) is 6.81. The lowest BCUT2D eigenvalue weighted by Gasteiger charge is -2.44. The first-order chi connectivity index (χ1) is 26.2. The topological polar surface area (TPSA) is 37.3 Å². The quantitative estimate of drug-likeness (QED) is 0.0632. The molecule has 0 aromatic heterocycles. The summed E-state index contributed by atoms with van der Waals surface area (Å²) < 4.78 is 305. The molecule has 24 heteroatoms. The summed E-state index contributed by atoms with van der Waals surface area (Å²) in [5.41, 5.74) is -13.3. The van der Waals surface area contributed by atoms with E-state index in [9.17, 15) is 56.9 Å². The minimum absolute atomic E-state index is 0.248. The maximum absolute atomic E-state index is 15.4.